The zero-order chi connectivity index (χ0) is 12.3. The first-order chi connectivity index (χ1) is 8.16. The molecule has 94 valence electrons. The molecule has 1 N–H and O–H groups in total. The number of hydrogen-bond donors (Lipinski definition) is 1. The van der Waals surface area contributed by atoms with E-state index in [1.165, 1.54) is 12.1 Å². The van der Waals surface area contributed by atoms with E-state index in [4.69, 9.17) is 0 Å². The summed E-state index contributed by atoms with van der Waals surface area (Å²) in [4.78, 5) is 0. The van der Waals surface area contributed by atoms with Gasteiger partial charge in [-0.05, 0) is 11.6 Å². The van der Waals surface area contributed by atoms with Crippen LogP contribution in [0.15, 0.2) is 18.2 Å². The van der Waals surface area contributed by atoms with Gasteiger partial charge in [-0.15, -0.1) is 0 Å². The lowest BCUT2D eigenvalue weighted by molar-refractivity contribution is 0.176. The summed E-state index contributed by atoms with van der Waals surface area (Å²) in [6.07, 6.45) is -0.308. The van der Waals surface area contributed by atoms with Gasteiger partial charge in [-0.2, -0.15) is 23.5 Å². The average molecular weight is 276 g/mol. The molecular formula is C12H14F2OS2. The Kier molecular flexibility index (Phi) is 4.70. The van der Waals surface area contributed by atoms with Crippen LogP contribution in [-0.4, -0.2) is 33.7 Å². The largest absolute Gasteiger partial charge is 0.392 e. The molecule has 1 nitrogen and oxygen atoms in total. The maximum Gasteiger partial charge on any atom is 0.129 e. The molecule has 17 heavy (non-hydrogen) atoms. The molecule has 0 aliphatic carbocycles. The summed E-state index contributed by atoms with van der Waals surface area (Å²) in [5.74, 6) is 1.88. The third-order valence-electron chi connectivity index (χ3n) is 2.72. The summed E-state index contributed by atoms with van der Waals surface area (Å²) >= 11 is 3.55. The highest BCUT2D eigenvalue weighted by atomic mass is 32.2. The van der Waals surface area contributed by atoms with Crippen molar-refractivity contribution in [1.82, 2.24) is 0 Å². The maximum atomic E-state index is 13.4. The van der Waals surface area contributed by atoms with E-state index in [1.807, 2.05) is 11.8 Å². The van der Waals surface area contributed by atoms with Crippen LogP contribution in [0.2, 0.25) is 0 Å². The average Bonchev–Trinajstić information content (AvgIpc) is 2.34. The molecule has 2 unspecified atom stereocenters. The van der Waals surface area contributed by atoms with Crippen LogP contribution in [0.5, 0.6) is 0 Å². The Morgan fingerprint density at radius 1 is 1.35 bits per heavy atom. The lowest BCUT2D eigenvalue weighted by Gasteiger charge is -2.25. The van der Waals surface area contributed by atoms with Gasteiger partial charge >= 0.3 is 0 Å². The van der Waals surface area contributed by atoms with Gasteiger partial charge in [-0.25, -0.2) is 8.78 Å². The standard InChI is InChI=1S/C12H14F2OS2/c13-9-2-1-8(10(14)6-9)5-11(15)12-7-16-3-4-17-12/h1-2,6,11-12,15H,3-5,7H2. The summed E-state index contributed by atoms with van der Waals surface area (Å²) < 4.78 is 26.1. The van der Waals surface area contributed by atoms with E-state index in [1.54, 1.807) is 11.8 Å². The molecule has 5 heteroatoms. The molecule has 1 aliphatic rings. The Labute approximate surface area is 108 Å². The lowest BCUT2D eigenvalue weighted by Crippen LogP contribution is -2.30. The number of hydrogen-bond acceptors (Lipinski definition) is 3. The van der Waals surface area contributed by atoms with E-state index in [-0.39, 0.29) is 11.7 Å². The van der Waals surface area contributed by atoms with E-state index in [2.05, 4.69) is 0 Å². The summed E-state index contributed by atoms with van der Waals surface area (Å²) in [5, 5.41) is 10.2. The van der Waals surface area contributed by atoms with Crippen LogP contribution in [0.3, 0.4) is 0 Å². The highest BCUT2D eigenvalue weighted by Gasteiger charge is 2.23. The monoisotopic (exact) mass is 276 g/mol. The highest BCUT2D eigenvalue weighted by Crippen LogP contribution is 2.28. The van der Waals surface area contributed by atoms with Crippen molar-refractivity contribution in [2.75, 3.05) is 17.3 Å². The minimum Gasteiger partial charge on any atom is -0.392 e. The van der Waals surface area contributed by atoms with Crippen molar-refractivity contribution in [3.8, 4) is 0 Å². The normalized spacial score (nSPS) is 22.4. The van der Waals surface area contributed by atoms with E-state index in [0.717, 1.165) is 23.3 Å². The van der Waals surface area contributed by atoms with Crippen LogP contribution >= 0.6 is 23.5 Å². The maximum absolute atomic E-state index is 13.4. The third kappa shape index (κ3) is 3.60. The number of aliphatic hydroxyl groups is 1. The second kappa shape index (κ2) is 6.07. The van der Waals surface area contributed by atoms with Crippen molar-refractivity contribution in [2.45, 2.75) is 17.8 Å². The zero-order valence-electron chi connectivity index (χ0n) is 9.23. The Morgan fingerprint density at radius 3 is 2.82 bits per heavy atom. The van der Waals surface area contributed by atoms with Gasteiger partial charge in [0.1, 0.15) is 11.6 Å². The fraction of sp³-hybridized carbons (Fsp3) is 0.500. The molecule has 2 atom stereocenters. The minimum atomic E-state index is -0.580. The van der Waals surface area contributed by atoms with Crippen LogP contribution < -0.4 is 0 Å². The van der Waals surface area contributed by atoms with Gasteiger partial charge < -0.3 is 5.11 Å². The second-order valence-corrected chi connectivity index (χ2v) is 6.49. The van der Waals surface area contributed by atoms with E-state index < -0.39 is 17.7 Å². The molecule has 1 saturated heterocycles. The molecule has 1 aromatic carbocycles. The summed E-state index contributed by atoms with van der Waals surface area (Å²) in [6.45, 7) is 0. The molecule has 0 bridgehead atoms. The summed E-state index contributed by atoms with van der Waals surface area (Å²) in [6, 6.07) is 3.51. The van der Waals surface area contributed by atoms with Gasteiger partial charge in [0, 0.05) is 35.0 Å². The van der Waals surface area contributed by atoms with Gasteiger partial charge in [-0.1, -0.05) is 6.07 Å². The predicted molar refractivity (Wildman–Crippen MR) is 69.6 cm³/mol. The molecule has 1 fully saturated rings. The lowest BCUT2D eigenvalue weighted by atomic mass is 10.1. The third-order valence-corrected chi connectivity index (χ3v) is 5.62. The molecule has 1 heterocycles. The van der Waals surface area contributed by atoms with Gasteiger partial charge in [0.05, 0.1) is 6.10 Å². The first-order valence-electron chi connectivity index (χ1n) is 5.48. The van der Waals surface area contributed by atoms with Gasteiger partial charge in [0.2, 0.25) is 0 Å². The molecule has 1 aromatic rings. The van der Waals surface area contributed by atoms with Crippen molar-refractivity contribution in [3.05, 3.63) is 35.4 Å². The Bertz CT molecular complexity index is 381. The van der Waals surface area contributed by atoms with Crippen molar-refractivity contribution in [3.63, 3.8) is 0 Å². The first kappa shape index (κ1) is 13.2. The van der Waals surface area contributed by atoms with Gasteiger partial charge in [0.15, 0.2) is 0 Å². The fourth-order valence-electron chi connectivity index (χ4n) is 1.77. The van der Waals surface area contributed by atoms with E-state index in [0.29, 0.717) is 5.56 Å². The molecule has 0 amide bonds. The predicted octanol–water partition coefficient (Wildman–Crippen LogP) is 2.72. The molecule has 1 aliphatic heterocycles. The number of benzene rings is 1. The summed E-state index contributed by atoms with van der Waals surface area (Å²) in [5.41, 5.74) is 0.384. The van der Waals surface area contributed by atoms with Crippen LogP contribution in [-0.2, 0) is 6.42 Å². The zero-order valence-corrected chi connectivity index (χ0v) is 10.9. The Morgan fingerprint density at radius 2 is 2.18 bits per heavy atom. The fourth-order valence-corrected chi connectivity index (χ4v) is 4.54. The first-order valence-corrected chi connectivity index (χ1v) is 7.68. The Balaban J connectivity index is 1.99. The molecule has 2 rings (SSSR count). The van der Waals surface area contributed by atoms with Crippen LogP contribution in [0, 0.1) is 11.6 Å². The summed E-state index contributed by atoms with van der Waals surface area (Å²) in [7, 11) is 0. The second-order valence-electron chi connectivity index (χ2n) is 3.99. The smallest absolute Gasteiger partial charge is 0.129 e. The van der Waals surface area contributed by atoms with Crippen molar-refractivity contribution in [1.29, 1.82) is 0 Å². The van der Waals surface area contributed by atoms with Crippen LogP contribution in [0.4, 0.5) is 8.78 Å². The van der Waals surface area contributed by atoms with Crippen LogP contribution in [0.25, 0.3) is 0 Å². The van der Waals surface area contributed by atoms with E-state index >= 15 is 0 Å². The van der Waals surface area contributed by atoms with Gasteiger partial charge in [-0.3, -0.25) is 0 Å². The van der Waals surface area contributed by atoms with Gasteiger partial charge in [0.25, 0.3) is 0 Å². The topological polar surface area (TPSA) is 20.2 Å². The number of halogens is 2. The van der Waals surface area contributed by atoms with Crippen molar-refractivity contribution >= 4 is 23.5 Å². The number of aliphatic hydroxyl groups excluding tert-OH is 1. The number of rotatable bonds is 3. The van der Waals surface area contributed by atoms with E-state index in [9.17, 15) is 13.9 Å². The Hall–Kier alpha value is -0.260. The molecular weight excluding hydrogens is 262 g/mol. The molecule has 0 aromatic heterocycles. The number of thioether (sulfide) groups is 2. The molecule has 0 saturated carbocycles. The SMILES string of the molecule is OC(Cc1ccc(F)cc1F)C1CSCCS1. The van der Waals surface area contributed by atoms with Crippen molar-refractivity contribution in [2.24, 2.45) is 0 Å². The molecule has 0 spiro atoms. The van der Waals surface area contributed by atoms with Crippen molar-refractivity contribution < 1.29 is 13.9 Å². The minimum absolute atomic E-state index is 0.151. The highest BCUT2D eigenvalue weighted by molar-refractivity contribution is 8.06. The quantitative estimate of drug-likeness (QED) is 0.916. The van der Waals surface area contributed by atoms with Crippen LogP contribution in [0.1, 0.15) is 5.56 Å². The molecule has 0 radical (unpaired) electrons.